The van der Waals surface area contributed by atoms with Crippen molar-refractivity contribution in [3.05, 3.63) is 52.4 Å². The van der Waals surface area contributed by atoms with Crippen LogP contribution in [-0.4, -0.2) is 22.5 Å². The summed E-state index contributed by atoms with van der Waals surface area (Å²) in [7, 11) is 0. The molecule has 23 heavy (non-hydrogen) atoms. The van der Waals surface area contributed by atoms with E-state index in [-0.39, 0.29) is 11.9 Å². The second-order valence-corrected chi connectivity index (χ2v) is 6.73. The maximum Gasteiger partial charge on any atom is 0.227 e. The quantitative estimate of drug-likeness (QED) is 0.835. The second-order valence-electron chi connectivity index (χ2n) is 6.32. The molecule has 2 aromatic rings. The molecule has 0 radical (unpaired) electrons. The first kappa shape index (κ1) is 16.1. The van der Waals surface area contributed by atoms with E-state index in [1.807, 2.05) is 35.2 Å². The number of hydrogen-bond donors (Lipinski definition) is 0. The zero-order valence-corrected chi connectivity index (χ0v) is 14.2. The molecule has 1 fully saturated rings. The zero-order valence-electron chi connectivity index (χ0n) is 13.5. The third kappa shape index (κ3) is 3.42. The maximum absolute atomic E-state index is 12.7. The fraction of sp³-hybridized carbons (Fsp3) is 0.444. The predicted octanol–water partition coefficient (Wildman–Crippen LogP) is 4.36. The number of benzene rings is 1. The molecule has 0 aliphatic carbocycles. The number of hydrogen-bond acceptors (Lipinski definition) is 3. The van der Waals surface area contributed by atoms with Gasteiger partial charge in [0.1, 0.15) is 0 Å². The third-order valence-corrected chi connectivity index (χ3v) is 4.71. The number of carbonyl (C=O) groups is 1. The van der Waals surface area contributed by atoms with Crippen LogP contribution in [0.1, 0.15) is 55.7 Å². The van der Waals surface area contributed by atoms with Gasteiger partial charge in [0, 0.05) is 17.6 Å². The zero-order chi connectivity index (χ0) is 16.4. The molecule has 4 nitrogen and oxygen atoms in total. The number of rotatable bonds is 4. The number of likely N-dealkylation sites (tertiary alicyclic amines) is 1. The molecule has 0 N–H and O–H groups in total. The molecule has 1 aromatic carbocycles. The summed E-state index contributed by atoms with van der Waals surface area (Å²) in [5.41, 5.74) is 1.80. The molecule has 1 saturated heterocycles. The van der Waals surface area contributed by atoms with E-state index < -0.39 is 0 Å². The van der Waals surface area contributed by atoms with Gasteiger partial charge in [-0.1, -0.05) is 48.8 Å². The molecule has 2 heterocycles. The Kier molecular flexibility index (Phi) is 4.71. The van der Waals surface area contributed by atoms with E-state index >= 15 is 0 Å². The first-order chi connectivity index (χ1) is 11.1. The van der Waals surface area contributed by atoms with Crippen molar-refractivity contribution in [3.8, 4) is 0 Å². The summed E-state index contributed by atoms with van der Waals surface area (Å²) in [6, 6.07) is 9.47. The van der Waals surface area contributed by atoms with Gasteiger partial charge in [0.15, 0.2) is 5.76 Å². The standard InChI is InChI=1S/C18H21ClN2O2/c1-12(2)15-11-17(23-20-15)16-8-5-9-21(16)18(22)10-13-6-3-4-7-14(13)19/h3-4,6-7,11-12,16H,5,8-10H2,1-2H3/t16-/m0/s1. The van der Waals surface area contributed by atoms with Crippen LogP contribution in [0.2, 0.25) is 5.02 Å². The minimum absolute atomic E-state index is 0.00927. The van der Waals surface area contributed by atoms with Gasteiger partial charge in [0.25, 0.3) is 0 Å². The van der Waals surface area contributed by atoms with Crippen molar-refractivity contribution in [1.29, 1.82) is 0 Å². The van der Waals surface area contributed by atoms with Gasteiger partial charge in [-0.3, -0.25) is 4.79 Å². The van der Waals surface area contributed by atoms with E-state index in [1.165, 1.54) is 0 Å². The Balaban J connectivity index is 1.75. The summed E-state index contributed by atoms with van der Waals surface area (Å²) >= 11 is 6.17. The van der Waals surface area contributed by atoms with Crippen LogP contribution in [0.5, 0.6) is 0 Å². The number of halogens is 1. The lowest BCUT2D eigenvalue weighted by Gasteiger charge is -2.23. The topological polar surface area (TPSA) is 46.3 Å². The lowest BCUT2D eigenvalue weighted by Crippen LogP contribution is -2.31. The summed E-state index contributed by atoms with van der Waals surface area (Å²) in [5, 5.41) is 4.76. The first-order valence-corrected chi connectivity index (χ1v) is 8.43. The fourth-order valence-electron chi connectivity index (χ4n) is 3.00. The highest BCUT2D eigenvalue weighted by Gasteiger charge is 2.33. The third-order valence-electron chi connectivity index (χ3n) is 4.34. The van der Waals surface area contributed by atoms with Crippen molar-refractivity contribution in [2.24, 2.45) is 0 Å². The van der Waals surface area contributed by atoms with Gasteiger partial charge in [0.2, 0.25) is 5.91 Å². The smallest absolute Gasteiger partial charge is 0.227 e. The molecule has 1 aliphatic heterocycles. The van der Waals surface area contributed by atoms with Crippen molar-refractivity contribution in [2.75, 3.05) is 6.54 Å². The highest BCUT2D eigenvalue weighted by Crippen LogP contribution is 2.34. The Labute approximate surface area is 141 Å². The Morgan fingerprint density at radius 3 is 2.91 bits per heavy atom. The molecule has 0 unspecified atom stereocenters. The molecule has 5 heteroatoms. The van der Waals surface area contributed by atoms with E-state index in [2.05, 4.69) is 19.0 Å². The van der Waals surface area contributed by atoms with Gasteiger partial charge in [-0.05, 0) is 30.4 Å². The highest BCUT2D eigenvalue weighted by molar-refractivity contribution is 6.31. The largest absolute Gasteiger partial charge is 0.359 e. The van der Waals surface area contributed by atoms with E-state index in [4.69, 9.17) is 16.1 Å². The van der Waals surface area contributed by atoms with E-state index in [0.717, 1.165) is 36.4 Å². The van der Waals surface area contributed by atoms with Crippen LogP contribution >= 0.6 is 11.6 Å². The van der Waals surface area contributed by atoms with Gasteiger partial charge in [0.05, 0.1) is 18.2 Å². The van der Waals surface area contributed by atoms with Crippen molar-refractivity contribution in [3.63, 3.8) is 0 Å². The predicted molar refractivity (Wildman–Crippen MR) is 89.4 cm³/mol. The number of carbonyl (C=O) groups excluding carboxylic acids is 1. The van der Waals surface area contributed by atoms with Crippen molar-refractivity contribution >= 4 is 17.5 Å². The SMILES string of the molecule is CC(C)c1cc([C@@H]2CCCN2C(=O)Cc2ccccc2Cl)on1. The van der Waals surface area contributed by atoms with Crippen LogP contribution in [-0.2, 0) is 11.2 Å². The number of nitrogens with zero attached hydrogens (tertiary/aromatic N) is 2. The summed E-state index contributed by atoms with van der Waals surface area (Å²) in [6.07, 6.45) is 2.22. The molecule has 122 valence electrons. The Hall–Kier alpha value is -1.81. The van der Waals surface area contributed by atoms with Crippen molar-refractivity contribution in [2.45, 2.75) is 45.1 Å². The van der Waals surface area contributed by atoms with Gasteiger partial charge >= 0.3 is 0 Å². The monoisotopic (exact) mass is 332 g/mol. The molecule has 1 amide bonds. The van der Waals surface area contributed by atoms with Crippen LogP contribution in [0, 0.1) is 0 Å². The maximum atomic E-state index is 12.7. The van der Waals surface area contributed by atoms with Crippen LogP contribution in [0.4, 0.5) is 0 Å². The van der Waals surface area contributed by atoms with E-state index in [0.29, 0.717) is 17.4 Å². The normalized spacial score (nSPS) is 17.9. The Morgan fingerprint density at radius 1 is 1.43 bits per heavy atom. The molecule has 3 rings (SSSR count). The summed E-state index contributed by atoms with van der Waals surface area (Å²) in [5.74, 6) is 1.20. The van der Waals surface area contributed by atoms with Crippen LogP contribution in [0.15, 0.2) is 34.9 Å². The number of amides is 1. The molecule has 0 bridgehead atoms. The average molecular weight is 333 g/mol. The van der Waals surface area contributed by atoms with Gasteiger partial charge < -0.3 is 9.42 Å². The van der Waals surface area contributed by atoms with Crippen molar-refractivity contribution in [1.82, 2.24) is 10.1 Å². The van der Waals surface area contributed by atoms with Crippen LogP contribution in [0.3, 0.4) is 0 Å². The highest BCUT2D eigenvalue weighted by atomic mass is 35.5. The van der Waals surface area contributed by atoms with E-state index in [1.54, 1.807) is 0 Å². The van der Waals surface area contributed by atoms with Gasteiger partial charge in [-0.15, -0.1) is 0 Å². The van der Waals surface area contributed by atoms with Gasteiger partial charge in [-0.2, -0.15) is 0 Å². The first-order valence-electron chi connectivity index (χ1n) is 8.05. The summed E-state index contributed by atoms with van der Waals surface area (Å²) in [4.78, 5) is 14.6. The fourth-order valence-corrected chi connectivity index (χ4v) is 3.20. The molecule has 0 saturated carbocycles. The van der Waals surface area contributed by atoms with Crippen LogP contribution < -0.4 is 0 Å². The summed E-state index contributed by atoms with van der Waals surface area (Å²) in [6.45, 7) is 4.92. The van der Waals surface area contributed by atoms with Crippen molar-refractivity contribution < 1.29 is 9.32 Å². The molecule has 1 aromatic heterocycles. The Morgan fingerprint density at radius 2 is 2.22 bits per heavy atom. The van der Waals surface area contributed by atoms with E-state index in [9.17, 15) is 4.79 Å². The Bertz CT molecular complexity index is 696. The average Bonchev–Trinajstić information content (AvgIpc) is 3.17. The minimum Gasteiger partial charge on any atom is -0.359 e. The molecular formula is C18H21ClN2O2. The molecule has 1 atom stereocenters. The molecule has 1 aliphatic rings. The lowest BCUT2D eigenvalue weighted by molar-refractivity contribution is -0.131. The van der Waals surface area contributed by atoms with Gasteiger partial charge in [-0.25, -0.2) is 0 Å². The minimum atomic E-state index is -0.00927. The molecular weight excluding hydrogens is 312 g/mol. The van der Waals surface area contributed by atoms with Crippen LogP contribution in [0.25, 0.3) is 0 Å². The second kappa shape index (κ2) is 6.75. The molecule has 0 spiro atoms. The lowest BCUT2D eigenvalue weighted by atomic mass is 10.1. The number of aromatic nitrogens is 1. The summed E-state index contributed by atoms with van der Waals surface area (Å²) < 4.78 is 5.49.